The van der Waals surface area contributed by atoms with Crippen LogP contribution in [0.3, 0.4) is 0 Å². The van der Waals surface area contributed by atoms with Crippen LogP contribution in [-0.4, -0.2) is 28.9 Å². The van der Waals surface area contributed by atoms with Gasteiger partial charge in [0.1, 0.15) is 0 Å². The molecule has 0 saturated heterocycles. The Morgan fingerprint density at radius 3 is 2.41 bits per heavy atom. The number of hydrogen-bond acceptors (Lipinski definition) is 3. The number of nitrogens with zero attached hydrogens (tertiary/aromatic N) is 3. The molecular weight excluding hydrogens is 234 g/mol. The average molecular weight is 250 g/mol. The Bertz CT molecular complexity index is 513. The van der Waals surface area contributed by atoms with E-state index in [9.17, 15) is 0 Å². The summed E-state index contributed by atoms with van der Waals surface area (Å²) < 4.78 is 0. The molecule has 1 heterocycles. The Morgan fingerprint density at radius 1 is 1.18 bits per heavy atom. The van der Waals surface area contributed by atoms with Crippen molar-refractivity contribution in [3.05, 3.63) is 30.0 Å². The number of aryl methyl sites for hydroxylation is 1. The van der Waals surface area contributed by atoms with E-state index < -0.39 is 0 Å². The first kappa shape index (κ1) is 12.1. The Kier molecular flexibility index (Phi) is 3.79. The maximum atomic E-state index is 5.81. The van der Waals surface area contributed by atoms with Crippen molar-refractivity contribution >= 4 is 28.5 Å². The van der Waals surface area contributed by atoms with Gasteiger partial charge < -0.3 is 4.90 Å². The summed E-state index contributed by atoms with van der Waals surface area (Å²) in [7, 11) is 0. The number of anilines is 1. The van der Waals surface area contributed by atoms with Crippen LogP contribution in [-0.2, 0) is 0 Å². The van der Waals surface area contributed by atoms with Crippen LogP contribution in [0.2, 0.25) is 0 Å². The van der Waals surface area contributed by atoms with Gasteiger partial charge in [-0.2, -0.15) is 0 Å². The first-order valence-corrected chi connectivity index (χ1v) is 6.34. The summed E-state index contributed by atoms with van der Waals surface area (Å²) in [4.78, 5) is 11.4. The molecule has 0 N–H and O–H groups in total. The topological polar surface area (TPSA) is 29.0 Å². The quantitative estimate of drug-likeness (QED) is 0.780. The zero-order chi connectivity index (χ0) is 12.3. The van der Waals surface area contributed by atoms with Gasteiger partial charge in [0, 0.05) is 19.0 Å². The lowest BCUT2D eigenvalue weighted by molar-refractivity contribution is 0.841. The standard InChI is InChI=1S/C13H16ClN3/c1-3-17(9-8-14)13-10(2)15-11-6-4-5-7-12(11)16-13/h4-7H,3,8-9H2,1-2H3. The van der Waals surface area contributed by atoms with Gasteiger partial charge in [0.25, 0.3) is 0 Å². The van der Waals surface area contributed by atoms with Crippen LogP contribution in [0.4, 0.5) is 5.82 Å². The predicted octanol–water partition coefficient (Wildman–Crippen LogP) is 3.00. The van der Waals surface area contributed by atoms with Crippen molar-refractivity contribution in [3.63, 3.8) is 0 Å². The van der Waals surface area contributed by atoms with Gasteiger partial charge in [0.15, 0.2) is 5.82 Å². The molecule has 0 spiro atoms. The van der Waals surface area contributed by atoms with Crippen molar-refractivity contribution < 1.29 is 0 Å². The second-order valence-electron chi connectivity index (χ2n) is 3.89. The van der Waals surface area contributed by atoms with Crippen molar-refractivity contribution in [2.24, 2.45) is 0 Å². The number of halogens is 1. The van der Waals surface area contributed by atoms with E-state index in [0.29, 0.717) is 5.88 Å². The van der Waals surface area contributed by atoms with Gasteiger partial charge in [0.05, 0.1) is 16.7 Å². The van der Waals surface area contributed by atoms with Crippen LogP contribution in [0.25, 0.3) is 11.0 Å². The molecule has 0 saturated carbocycles. The van der Waals surface area contributed by atoms with Gasteiger partial charge in [-0.25, -0.2) is 9.97 Å². The Hall–Kier alpha value is -1.35. The smallest absolute Gasteiger partial charge is 0.150 e. The molecule has 0 unspecified atom stereocenters. The highest BCUT2D eigenvalue weighted by Crippen LogP contribution is 2.19. The molecule has 2 aromatic rings. The number of fused-ring (bicyclic) bond motifs is 1. The van der Waals surface area contributed by atoms with E-state index in [0.717, 1.165) is 35.6 Å². The van der Waals surface area contributed by atoms with E-state index in [4.69, 9.17) is 11.6 Å². The van der Waals surface area contributed by atoms with Gasteiger partial charge in [-0.3, -0.25) is 0 Å². The lowest BCUT2D eigenvalue weighted by Crippen LogP contribution is -2.27. The minimum absolute atomic E-state index is 0.599. The molecule has 0 atom stereocenters. The number of aromatic nitrogens is 2. The normalized spacial score (nSPS) is 10.8. The summed E-state index contributed by atoms with van der Waals surface area (Å²) in [6.45, 7) is 5.78. The molecule has 3 nitrogen and oxygen atoms in total. The highest BCUT2D eigenvalue weighted by molar-refractivity contribution is 6.18. The number of alkyl halides is 1. The number of rotatable bonds is 4. The number of para-hydroxylation sites is 2. The molecule has 17 heavy (non-hydrogen) atoms. The van der Waals surface area contributed by atoms with E-state index in [1.807, 2.05) is 31.2 Å². The molecule has 0 aliphatic heterocycles. The Balaban J connectivity index is 2.49. The zero-order valence-corrected chi connectivity index (χ0v) is 10.9. The van der Waals surface area contributed by atoms with Crippen LogP contribution in [0, 0.1) is 6.92 Å². The van der Waals surface area contributed by atoms with E-state index >= 15 is 0 Å². The number of benzene rings is 1. The molecule has 4 heteroatoms. The molecule has 0 radical (unpaired) electrons. The fourth-order valence-electron chi connectivity index (χ4n) is 1.89. The molecule has 0 fully saturated rings. The van der Waals surface area contributed by atoms with E-state index in [2.05, 4.69) is 21.8 Å². The van der Waals surface area contributed by atoms with Gasteiger partial charge in [0.2, 0.25) is 0 Å². The molecule has 1 aromatic carbocycles. The highest BCUT2D eigenvalue weighted by Gasteiger charge is 2.10. The molecular formula is C13H16ClN3. The predicted molar refractivity (Wildman–Crippen MR) is 72.9 cm³/mol. The van der Waals surface area contributed by atoms with Crippen LogP contribution in [0.5, 0.6) is 0 Å². The largest absolute Gasteiger partial charge is 0.354 e. The molecule has 90 valence electrons. The fraction of sp³-hybridized carbons (Fsp3) is 0.385. The second kappa shape index (κ2) is 5.32. The summed E-state index contributed by atoms with van der Waals surface area (Å²) >= 11 is 5.81. The zero-order valence-electron chi connectivity index (χ0n) is 10.2. The minimum atomic E-state index is 0.599. The monoisotopic (exact) mass is 249 g/mol. The number of hydrogen-bond donors (Lipinski definition) is 0. The fourth-order valence-corrected chi connectivity index (χ4v) is 2.10. The third kappa shape index (κ3) is 2.50. The lowest BCUT2D eigenvalue weighted by atomic mass is 10.3. The molecule has 0 aliphatic carbocycles. The summed E-state index contributed by atoms with van der Waals surface area (Å²) in [5.41, 5.74) is 2.83. The van der Waals surface area contributed by atoms with E-state index in [1.165, 1.54) is 0 Å². The lowest BCUT2D eigenvalue weighted by Gasteiger charge is -2.22. The van der Waals surface area contributed by atoms with Crippen molar-refractivity contribution in [3.8, 4) is 0 Å². The Morgan fingerprint density at radius 2 is 1.82 bits per heavy atom. The SMILES string of the molecule is CCN(CCCl)c1nc2ccccc2nc1C. The molecule has 0 amide bonds. The third-order valence-corrected chi connectivity index (χ3v) is 2.92. The van der Waals surface area contributed by atoms with Crippen LogP contribution in [0.1, 0.15) is 12.6 Å². The third-order valence-electron chi connectivity index (χ3n) is 2.76. The maximum absolute atomic E-state index is 5.81. The first-order valence-electron chi connectivity index (χ1n) is 5.80. The summed E-state index contributed by atoms with van der Waals surface area (Å²) in [6, 6.07) is 7.93. The highest BCUT2D eigenvalue weighted by atomic mass is 35.5. The second-order valence-corrected chi connectivity index (χ2v) is 4.27. The first-order chi connectivity index (χ1) is 8.26. The van der Waals surface area contributed by atoms with Gasteiger partial charge in [-0.15, -0.1) is 11.6 Å². The van der Waals surface area contributed by atoms with Gasteiger partial charge in [-0.1, -0.05) is 12.1 Å². The van der Waals surface area contributed by atoms with E-state index in [1.54, 1.807) is 0 Å². The summed E-state index contributed by atoms with van der Waals surface area (Å²) in [6.07, 6.45) is 0. The molecule has 0 bridgehead atoms. The molecule has 1 aromatic heterocycles. The van der Waals surface area contributed by atoms with Crippen molar-refractivity contribution in [1.29, 1.82) is 0 Å². The summed E-state index contributed by atoms with van der Waals surface area (Å²) in [5, 5.41) is 0. The van der Waals surface area contributed by atoms with Crippen molar-refractivity contribution in [2.75, 3.05) is 23.9 Å². The van der Waals surface area contributed by atoms with Gasteiger partial charge in [-0.05, 0) is 26.0 Å². The van der Waals surface area contributed by atoms with E-state index in [-0.39, 0.29) is 0 Å². The van der Waals surface area contributed by atoms with Crippen LogP contribution >= 0.6 is 11.6 Å². The van der Waals surface area contributed by atoms with Crippen molar-refractivity contribution in [1.82, 2.24) is 9.97 Å². The molecule has 2 rings (SSSR count). The maximum Gasteiger partial charge on any atom is 0.150 e. The molecule has 0 aliphatic rings. The summed E-state index contributed by atoms with van der Waals surface area (Å²) in [5.74, 6) is 1.54. The van der Waals surface area contributed by atoms with Crippen LogP contribution in [0.15, 0.2) is 24.3 Å². The van der Waals surface area contributed by atoms with Crippen LogP contribution < -0.4 is 4.90 Å². The van der Waals surface area contributed by atoms with Crippen molar-refractivity contribution in [2.45, 2.75) is 13.8 Å². The van der Waals surface area contributed by atoms with Gasteiger partial charge >= 0.3 is 0 Å². The Labute approximate surface area is 106 Å². The minimum Gasteiger partial charge on any atom is -0.354 e. The average Bonchev–Trinajstić information content (AvgIpc) is 2.35.